The lowest BCUT2D eigenvalue weighted by atomic mass is 10.0. The second-order valence-electron chi connectivity index (χ2n) is 8.69. The van der Waals surface area contributed by atoms with Crippen LogP contribution in [0.5, 0.6) is 23.3 Å². The molecular weight excluding hydrogens is 504 g/mol. The van der Waals surface area contributed by atoms with Gasteiger partial charge in [0.05, 0.1) is 0 Å². The lowest BCUT2D eigenvalue weighted by Crippen LogP contribution is -2.06. The summed E-state index contributed by atoms with van der Waals surface area (Å²) < 4.78 is 43.0. The molecule has 0 amide bonds. The Morgan fingerprint density at radius 1 is 0.897 bits per heavy atom. The normalized spacial score (nSPS) is 10.9. The number of nitrogens with two attached hydrogens (primary N) is 1. The van der Waals surface area contributed by atoms with Crippen molar-refractivity contribution in [2.75, 3.05) is 0 Å². The minimum absolute atomic E-state index is 0.163. The topological polar surface area (TPSA) is 99.6 Å². The van der Waals surface area contributed by atoms with Crippen molar-refractivity contribution >= 4 is 5.97 Å². The van der Waals surface area contributed by atoms with E-state index in [1.807, 2.05) is 30.3 Å². The minimum atomic E-state index is -1.29. The third kappa shape index (κ3) is 5.34. The Balaban J connectivity index is 1.48. The fourth-order valence-electron chi connectivity index (χ4n) is 4.02. The molecule has 0 spiro atoms. The van der Waals surface area contributed by atoms with Crippen LogP contribution in [0.1, 0.15) is 21.5 Å². The van der Waals surface area contributed by atoms with Crippen molar-refractivity contribution in [1.82, 2.24) is 9.55 Å². The number of carbonyl (C=O) groups is 1. The predicted octanol–water partition coefficient (Wildman–Crippen LogP) is 6.87. The van der Waals surface area contributed by atoms with Crippen LogP contribution in [0.3, 0.4) is 0 Å². The molecule has 5 aromatic rings. The molecule has 39 heavy (non-hydrogen) atoms. The lowest BCUT2D eigenvalue weighted by molar-refractivity contribution is 0.0694. The van der Waals surface area contributed by atoms with Gasteiger partial charge in [0.25, 0.3) is 11.8 Å². The monoisotopic (exact) mass is 527 g/mol. The zero-order chi connectivity index (χ0) is 27.5. The number of halogens is 2. The number of benzene rings is 3. The molecule has 0 aliphatic carbocycles. The number of carboxylic acid groups (broad SMARTS) is 1. The molecule has 0 bridgehead atoms. The molecule has 0 unspecified atom stereocenters. The van der Waals surface area contributed by atoms with E-state index in [-0.39, 0.29) is 22.6 Å². The largest absolute Gasteiger partial charge is 0.478 e. The summed E-state index contributed by atoms with van der Waals surface area (Å²) in [5, 5.41) is 9.74. The van der Waals surface area contributed by atoms with E-state index in [0.717, 1.165) is 16.7 Å². The van der Waals surface area contributed by atoms with Gasteiger partial charge in [-0.25, -0.2) is 13.6 Å². The zero-order valence-electron chi connectivity index (χ0n) is 20.8. The van der Waals surface area contributed by atoms with Crippen molar-refractivity contribution in [1.29, 1.82) is 0 Å². The molecule has 0 fully saturated rings. The molecule has 7 nitrogen and oxygen atoms in total. The maximum atomic E-state index is 15.0. The van der Waals surface area contributed by atoms with Crippen molar-refractivity contribution in [3.8, 4) is 40.1 Å². The predicted molar refractivity (Wildman–Crippen MR) is 142 cm³/mol. The first kappa shape index (κ1) is 25.6. The standard InChI is InChI=1S/C30H23F2N3O4/c1-18-26(31)28(38-23-9-5-8-21(15-23)20-7-4-6-19(14-20)17-33)34-29(27(18)32)39-25-11-10-22(16-24(25)30(36)37)35-12-2-3-13-35/h2-16H,17,33H2,1H3,(H,36,37). The second-order valence-corrected chi connectivity index (χ2v) is 8.69. The van der Waals surface area contributed by atoms with Gasteiger partial charge in [-0.2, -0.15) is 4.98 Å². The van der Waals surface area contributed by atoms with Crippen LogP contribution >= 0.6 is 0 Å². The van der Waals surface area contributed by atoms with Gasteiger partial charge in [-0.3, -0.25) is 0 Å². The Bertz CT molecular complexity index is 1670. The van der Waals surface area contributed by atoms with Gasteiger partial charge in [0.2, 0.25) is 0 Å². The summed E-state index contributed by atoms with van der Waals surface area (Å²) >= 11 is 0. The molecular formula is C30H23F2N3O4. The number of carboxylic acids is 1. The average Bonchev–Trinajstić information content (AvgIpc) is 3.50. The Hall–Kier alpha value is -5.02. The molecule has 0 saturated heterocycles. The first-order valence-corrected chi connectivity index (χ1v) is 12.0. The quantitative estimate of drug-likeness (QED) is 0.229. The molecule has 3 N–H and O–H groups in total. The van der Waals surface area contributed by atoms with Crippen molar-refractivity contribution in [3.63, 3.8) is 0 Å². The summed E-state index contributed by atoms with van der Waals surface area (Å²) in [5.74, 6) is -4.40. The van der Waals surface area contributed by atoms with E-state index in [1.165, 1.54) is 19.1 Å². The van der Waals surface area contributed by atoms with Crippen LogP contribution in [0.25, 0.3) is 16.8 Å². The molecule has 2 heterocycles. The molecule has 9 heteroatoms. The van der Waals surface area contributed by atoms with Gasteiger partial charge < -0.3 is 24.9 Å². The highest BCUT2D eigenvalue weighted by Gasteiger charge is 2.23. The van der Waals surface area contributed by atoms with Crippen LogP contribution in [-0.4, -0.2) is 20.6 Å². The van der Waals surface area contributed by atoms with Crippen molar-refractivity contribution in [2.45, 2.75) is 13.5 Å². The van der Waals surface area contributed by atoms with Crippen molar-refractivity contribution in [3.05, 3.63) is 120 Å². The number of pyridine rings is 1. The summed E-state index contributed by atoms with van der Waals surface area (Å²) in [6.45, 7) is 1.60. The van der Waals surface area contributed by atoms with Gasteiger partial charge in [0.15, 0.2) is 11.6 Å². The van der Waals surface area contributed by atoms with Crippen molar-refractivity contribution < 1.29 is 28.2 Å². The Morgan fingerprint density at radius 2 is 1.56 bits per heavy atom. The zero-order valence-corrected chi connectivity index (χ0v) is 20.8. The Labute approximate surface area is 222 Å². The van der Waals surface area contributed by atoms with E-state index in [1.54, 1.807) is 53.4 Å². The molecule has 0 saturated carbocycles. The summed E-state index contributed by atoms with van der Waals surface area (Å²) in [4.78, 5) is 15.9. The lowest BCUT2D eigenvalue weighted by Gasteiger charge is -2.14. The number of aromatic carboxylic acids is 1. The van der Waals surface area contributed by atoms with Gasteiger partial charge in [-0.05, 0) is 72.1 Å². The molecule has 5 rings (SSSR count). The van der Waals surface area contributed by atoms with E-state index in [0.29, 0.717) is 12.2 Å². The smallest absolute Gasteiger partial charge is 0.339 e. The SMILES string of the molecule is Cc1c(F)c(Oc2cccc(-c3cccc(CN)c3)c2)nc(Oc2ccc(-n3cccc3)cc2C(=O)O)c1F. The van der Waals surface area contributed by atoms with Gasteiger partial charge in [0.1, 0.15) is 17.1 Å². The van der Waals surface area contributed by atoms with Crippen LogP contribution < -0.4 is 15.2 Å². The molecule has 0 aliphatic heterocycles. The number of aromatic nitrogens is 2. The van der Waals surface area contributed by atoms with Gasteiger partial charge >= 0.3 is 5.97 Å². The van der Waals surface area contributed by atoms with Crippen molar-refractivity contribution in [2.24, 2.45) is 5.73 Å². The van der Waals surface area contributed by atoms with Crippen LogP contribution in [-0.2, 0) is 6.54 Å². The first-order chi connectivity index (χ1) is 18.8. The fourth-order valence-corrected chi connectivity index (χ4v) is 4.02. The molecule has 196 valence electrons. The highest BCUT2D eigenvalue weighted by atomic mass is 19.1. The number of nitrogens with zero attached hydrogens (tertiary/aromatic N) is 2. The Kier molecular flexibility index (Phi) is 7.07. The number of rotatable bonds is 8. The molecule has 2 aromatic heterocycles. The van der Waals surface area contributed by atoms with Gasteiger partial charge in [-0.15, -0.1) is 0 Å². The van der Waals surface area contributed by atoms with E-state index in [4.69, 9.17) is 15.2 Å². The summed E-state index contributed by atoms with van der Waals surface area (Å²) in [5.41, 5.74) is 8.34. The summed E-state index contributed by atoms with van der Waals surface area (Å²) in [6, 6.07) is 22.5. The molecule has 0 atom stereocenters. The number of hydrogen-bond acceptors (Lipinski definition) is 5. The minimum Gasteiger partial charge on any atom is -0.478 e. The van der Waals surface area contributed by atoms with Gasteiger partial charge in [-0.1, -0.05) is 30.3 Å². The fraction of sp³-hybridized carbons (Fsp3) is 0.0667. The van der Waals surface area contributed by atoms with Crippen LogP contribution in [0.2, 0.25) is 0 Å². The molecule has 3 aromatic carbocycles. The third-order valence-electron chi connectivity index (χ3n) is 6.08. The van der Waals surface area contributed by atoms with E-state index >= 15 is 8.78 Å². The highest BCUT2D eigenvalue weighted by molar-refractivity contribution is 5.91. The van der Waals surface area contributed by atoms with E-state index < -0.39 is 29.4 Å². The average molecular weight is 528 g/mol. The highest BCUT2D eigenvalue weighted by Crippen LogP contribution is 2.35. The molecule has 0 radical (unpaired) electrons. The summed E-state index contributed by atoms with van der Waals surface area (Å²) in [6.07, 6.45) is 3.50. The van der Waals surface area contributed by atoms with E-state index in [2.05, 4.69) is 4.98 Å². The maximum Gasteiger partial charge on any atom is 0.339 e. The van der Waals surface area contributed by atoms with Gasteiger partial charge in [0, 0.05) is 30.2 Å². The molecule has 0 aliphatic rings. The van der Waals surface area contributed by atoms with Crippen LogP contribution in [0.4, 0.5) is 8.78 Å². The van der Waals surface area contributed by atoms with Crippen LogP contribution in [0.15, 0.2) is 91.3 Å². The number of hydrogen-bond donors (Lipinski definition) is 2. The maximum absolute atomic E-state index is 15.0. The Morgan fingerprint density at radius 3 is 2.26 bits per heavy atom. The first-order valence-electron chi connectivity index (χ1n) is 12.0. The van der Waals surface area contributed by atoms with E-state index in [9.17, 15) is 9.90 Å². The third-order valence-corrected chi connectivity index (χ3v) is 6.08. The second kappa shape index (κ2) is 10.8. The summed E-state index contributed by atoms with van der Waals surface area (Å²) in [7, 11) is 0. The van der Waals surface area contributed by atoms with Crippen LogP contribution in [0, 0.1) is 18.6 Å². The number of ether oxygens (including phenoxy) is 2.